The second-order valence-electron chi connectivity index (χ2n) is 3.87. The molecule has 4 heteroatoms. The van der Waals surface area contributed by atoms with Crippen molar-refractivity contribution in [3.63, 3.8) is 0 Å². The van der Waals surface area contributed by atoms with Gasteiger partial charge in [-0.25, -0.2) is 0 Å². The van der Waals surface area contributed by atoms with Crippen LogP contribution in [-0.4, -0.2) is 25.9 Å². The van der Waals surface area contributed by atoms with Gasteiger partial charge >= 0.3 is 0 Å². The summed E-state index contributed by atoms with van der Waals surface area (Å²) in [5.41, 5.74) is 7.46. The van der Waals surface area contributed by atoms with Gasteiger partial charge in [-0.1, -0.05) is 0 Å². The first-order valence-electron chi connectivity index (χ1n) is 6.04. The fourth-order valence-corrected chi connectivity index (χ4v) is 1.58. The zero-order valence-electron chi connectivity index (χ0n) is 10.8. The van der Waals surface area contributed by atoms with Crippen molar-refractivity contribution in [2.45, 2.75) is 26.9 Å². The van der Waals surface area contributed by atoms with Crippen LogP contribution in [0.1, 0.15) is 20.8 Å². The third-order valence-electron chi connectivity index (χ3n) is 2.28. The smallest absolute Gasteiger partial charge is 0.123 e. The van der Waals surface area contributed by atoms with Gasteiger partial charge in [0.15, 0.2) is 0 Å². The van der Waals surface area contributed by atoms with Crippen molar-refractivity contribution in [1.82, 2.24) is 0 Å². The highest BCUT2D eigenvalue weighted by Crippen LogP contribution is 2.22. The van der Waals surface area contributed by atoms with Crippen molar-refractivity contribution in [2.75, 3.05) is 30.8 Å². The van der Waals surface area contributed by atoms with E-state index in [2.05, 4.69) is 5.32 Å². The molecule has 1 unspecified atom stereocenters. The van der Waals surface area contributed by atoms with E-state index in [1.807, 2.05) is 39.0 Å². The van der Waals surface area contributed by atoms with Crippen molar-refractivity contribution in [2.24, 2.45) is 0 Å². The molecule has 1 atom stereocenters. The molecule has 0 radical (unpaired) electrons. The highest BCUT2D eigenvalue weighted by molar-refractivity contribution is 5.59. The standard InChI is InChI=1S/C13H22N2O2/c1-4-16-10(3)9-15-12-6-11(14)7-13(8-12)17-5-2/h6-8,10,15H,4-5,9,14H2,1-3H3. The summed E-state index contributed by atoms with van der Waals surface area (Å²) in [6, 6.07) is 5.65. The first-order chi connectivity index (χ1) is 8.15. The maximum absolute atomic E-state index is 5.80. The number of anilines is 2. The highest BCUT2D eigenvalue weighted by atomic mass is 16.5. The van der Waals surface area contributed by atoms with E-state index in [1.54, 1.807) is 0 Å². The second-order valence-corrected chi connectivity index (χ2v) is 3.87. The van der Waals surface area contributed by atoms with Crippen molar-refractivity contribution < 1.29 is 9.47 Å². The number of nitrogens with two attached hydrogens (primary N) is 1. The number of nitrogens with one attached hydrogen (secondary N) is 1. The summed E-state index contributed by atoms with van der Waals surface area (Å²) in [7, 11) is 0. The lowest BCUT2D eigenvalue weighted by Gasteiger charge is -2.14. The summed E-state index contributed by atoms with van der Waals surface area (Å²) in [6.45, 7) is 8.09. The van der Waals surface area contributed by atoms with Crippen LogP contribution in [0.4, 0.5) is 11.4 Å². The molecule has 1 aromatic rings. The third-order valence-corrected chi connectivity index (χ3v) is 2.28. The molecule has 0 saturated heterocycles. The molecular formula is C13H22N2O2. The van der Waals surface area contributed by atoms with Gasteiger partial charge in [-0.15, -0.1) is 0 Å². The van der Waals surface area contributed by atoms with Crippen LogP contribution in [0.25, 0.3) is 0 Å². The van der Waals surface area contributed by atoms with Crippen molar-refractivity contribution in [1.29, 1.82) is 0 Å². The average molecular weight is 238 g/mol. The molecule has 0 spiro atoms. The molecule has 1 rings (SSSR count). The minimum atomic E-state index is 0.178. The number of nitrogen functional groups attached to an aromatic ring is 1. The molecule has 0 bridgehead atoms. The summed E-state index contributed by atoms with van der Waals surface area (Å²) in [5.74, 6) is 0.791. The van der Waals surface area contributed by atoms with Crippen LogP contribution in [0.3, 0.4) is 0 Å². The summed E-state index contributed by atoms with van der Waals surface area (Å²) in [4.78, 5) is 0. The quantitative estimate of drug-likeness (QED) is 0.717. The number of hydrogen-bond acceptors (Lipinski definition) is 4. The molecule has 0 aromatic heterocycles. The first kappa shape index (κ1) is 13.6. The molecule has 17 heavy (non-hydrogen) atoms. The Hall–Kier alpha value is -1.42. The van der Waals surface area contributed by atoms with Crippen LogP contribution >= 0.6 is 0 Å². The largest absolute Gasteiger partial charge is 0.494 e. The zero-order valence-corrected chi connectivity index (χ0v) is 10.8. The lowest BCUT2D eigenvalue weighted by molar-refractivity contribution is 0.0855. The maximum atomic E-state index is 5.80. The predicted octanol–water partition coefficient (Wildman–Crippen LogP) is 2.50. The summed E-state index contributed by atoms with van der Waals surface area (Å²) in [6.07, 6.45) is 0.178. The molecule has 0 aliphatic rings. The van der Waals surface area contributed by atoms with E-state index in [0.717, 1.165) is 24.6 Å². The highest BCUT2D eigenvalue weighted by Gasteiger charge is 2.03. The fraction of sp³-hybridized carbons (Fsp3) is 0.538. The Morgan fingerprint density at radius 3 is 2.65 bits per heavy atom. The lowest BCUT2D eigenvalue weighted by atomic mass is 10.2. The van der Waals surface area contributed by atoms with E-state index in [0.29, 0.717) is 12.3 Å². The minimum absolute atomic E-state index is 0.178. The zero-order chi connectivity index (χ0) is 12.7. The van der Waals surface area contributed by atoms with Crippen molar-refractivity contribution in [3.05, 3.63) is 18.2 Å². The van der Waals surface area contributed by atoms with E-state index < -0.39 is 0 Å². The molecular weight excluding hydrogens is 216 g/mol. The summed E-state index contributed by atoms with van der Waals surface area (Å²) < 4.78 is 10.9. The Bertz CT molecular complexity index is 342. The van der Waals surface area contributed by atoms with Gasteiger partial charge in [-0.2, -0.15) is 0 Å². The molecule has 1 aromatic carbocycles. The maximum Gasteiger partial charge on any atom is 0.123 e. The van der Waals surface area contributed by atoms with Gasteiger partial charge in [0.1, 0.15) is 5.75 Å². The van der Waals surface area contributed by atoms with Crippen LogP contribution in [0, 0.1) is 0 Å². The second kappa shape index (κ2) is 7.01. The molecule has 0 aliphatic heterocycles. The van der Waals surface area contributed by atoms with Gasteiger partial charge < -0.3 is 20.5 Å². The molecule has 3 N–H and O–H groups in total. The number of hydrogen-bond donors (Lipinski definition) is 2. The van der Waals surface area contributed by atoms with E-state index in [-0.39, 0.29) is 6.10 Å². The summed E-state index contributed by atoms with van der Waals surface area (Å²) >= 11 is 0. The third kappa shape index (κ3) is 4.95. The van der Waals surface area contributed by atoms with Gasteiger partial charge in [-0.05, 0) is 26.8 Å². The molecule has 0 amide bonds. The van der Waals surface area contributed by atoms with Crippen LogP contribution in [-0.2, 0) is 4.74 Å². The number of rotatable bonds is 7. The van der Waals surface area contributed by atoms with Crippen LogP contribution in [0.2, 0.25) is 0 Å². The molecule has 4 nitrogen and oxygen atoms in total. The van der Waals surface area contributed by atoms with E-state index in [4.69, 9.17) is 15.2 Å². The monoisotopic (exact) mass is 238 g/mol. The molecule has 0 heterocycles. The van der Waals surface area contributed by atoms with Gasteiger partial charge in [0, 0.05) is 36.7 Å². The number of benzene rings is 1. The van der Waals surface area contributed by atoms with Gasteiger partial charge in [0.2, 0.25) is 0 Å². The van der Waals surface area contributed by atoms with Crippen LogP contribution in [0.15, 0.2) is 18.2 Å². The van der Waals surface area contributed by atoms with Gasteiger partial charge in [-0.3, -0.25) is 0 Å². The van der Waals surface area contributed by atoms with Gasteiger partial charge in [0.25, 0.3) is 0 Å². The van der Waals surface area contributed by atoms with Crippen molar-refractivity contribution >= 4 is 11.4 Å². The molecule has 0 fully saturated rings. The average Bonchev–Trinajstić information content (AvgIpc) is 2.26. The van der Waals surface area contributed by atoms with E-state index in [9.17, 15) is 0 Å². The Morgan fingerprint density at radius 1 is 1.24 bits per heavy atom. The SMILES string of the molecule is CCOc1cc(N)cc(NCC(C)OCC)c1. The van der Waals surface area contributed by atoms with Crippen LogP contribution < -0.4 is 15.8 Å². The molecule has 0 aliphatic carbocycles. The lowest BCUT2D eigenvalue weighted by Crippen LogP contribution is -2.19. The van der Waals surface area contributed by atoms with E-state index >= 15 is 0 Å². The molecule has 96 valence electrons. The van der Waals surface area contributed by atoms with Gasteiger partial charge in [0.05, 0.1) is 12.7 Å². The van der Waals surface area contributed by atoms with Crippen molar-refractivity contribution in [3.8, 4) is 5.75 Å². The Morgan fingerprint density at radius 2 is 2.00 bits per heavy atom. The minimum Gasteiger partial charge on any atom is -0.494 e. The van der Waals surface area contributed by atoms with Crippen LogP contribution in [0.5, 0.6) is 5.75 Å². The van der Waals surface area contributed by atoms with E-state index in [1.165, 1.54) is 0 Å². The number of ether oxygens (including phenoxy) is 2. The Labute approximate surface area is 103 Å². The Kier molecular flexibility index (Phi) is 5.63. The fourth-order valence-electron chi connectivity index (χ4n) is 1.58. The summed E-state index contributed by atoms with van der Waals surface area (Å²) in [5, 5.41) is 3.28. The topological polar surface area (TPSA) is 56.5 Å². The molecule has 0 saturated carbocycles. The first-order valence-corrected chi connectivity index (χ1v) is 6.04. The predicted molar refractivity (Wildman–Crippen MR) is 71.6 cm³/mol. The normalized spacial score (nSPS) is 12.2. The Balaban J connectivity index is 2.57.